The van der Waals surface area contributed by atoms with Crippen LogP contribution in [0, 0.1) is 17.8 Å². The minimum absolute atomic E-state index is 0.0234. The third-order valence-electron chi connectivity index (χ3n) is 5.13. The van der Waals surface area contributed by atoms with Crippen molar-refractivity contribution in [2.45, 2.75) is 45.2 Å². The van der Waals surface area contributed by atoms with Gasteiger partial charge in [-0.2, -0.15) is 0 Å². The SMILES string of the molecule is CNC(=O)[C@H](C(C)C)N1CC[C@H](C2C=CC=CC2)C[C@H](N=[N+]=[N-])C1=O. The number of carbonyl (C=O) groups is 2. The number of azide groups is 1. The summed E-state index contributed by atoms with van der Waals surface area (Å²) in [5.74, 6) is 0.152. The minimum atomic E-state index is -0.747. The van der Waals surface area contributed by atoms with Gasteiger partial charge in [0.1, 0.15) is 12.1 Å². The van der Waals surface area contributed by atoms with Gasteiger partial charge in [0.05, 0.1) is 0 Å². The number of likely N-dealkylation sites (N-methyl/N-ethyl adjacent to an activating group) is 1. The van der Waals surface area contributed by atoms with Crippen LogP contribution >= 0.6 is 0 Å². The monoisotopic (exact) mass is 345 g/mol. The van der Waals surface area contributed by atoms with Gasteiger partial charge < -0.3 is 10.2 Å². The van der Waals surface area contributed by atoms with Crippen LogP contribution in [-0.2, 0) is 9.59 Å². The van der Waals surface area contributed by atoms with Crippen molar-refractivity contribution >= 4 is 11.8 Å². The predicted molar refractivity (Wildman–Crippen MR) is 96.5 cm³/mol. The molecule has 2 amide bonds. The number of allylic oxidation sites excluding steroid dienone is 4. The van der Waals surface area contributed by atoms with Crippen molar-refractivity contribution in [1.29, 1.82) is 0 Å². The molecule has 25 heavy (non-hydrogen) atoms. The van der Waals surface area contributed by atoms with Crippen LogP contribution in [0.25, 0.3) is 10.4 Å². The molecule has 1 fully saturated rings. The molecule has 7 heteroatoms. The fourth-order valence-electron chi connectivity index (χ4n) is 3.84. The van der Waals surface area contributed by atoms with Gasteiger partial charge in [0.15, 0.2) is 0 Å². The molecule has 1 saturated heterocycles. The summed E-state index contributed by atoms with van der Waals surface area (Å²) >= 11 is 0. The lowest BCUT2D eigenvalue weighted by Gasteiger charge is -2.33. The van der Waals surface area contributed by atoms with Crippen LogP contribution in [0.15, 0.2) is 29.4 Å². The number of hydrogen-bond donors (Lipinski definition) is 1. The molecular formula is C18H27N5O2. The molecule has 1 heterocycles. The van der Waals surface area contributed by atoms with Crippen LogP contribution in [0.2, 0.25) is 0 Å². The molecule has 0 aromatic heterocycles. The molecule has 1 N–H and O–H groups in total. The highest BCUT2D eigenvalue weighted by molar-refractivity contribution is 5.90. The first-order valence-corrected chi connectivity index (χ1v) is 8.89. The number of rotatable bonds is 5. The maximum Gasteiger partial charge on any atom is 0.242 e. The molecule has 0 bridgehead atoms. The van der Waals surface area contributed by atoms with E-state index in [9.17, 15) is 9.59 Å². The molecule has 0 spiro atoms. The molecule has 0 saturated carbocycles. The van der Waals surface area contributed by atoms with Crippen molar-refractivity contribution in [2.24, 2.45) is 22.9 Å². The Morgan fingerprint density at radius 3 is 2.76 bits per heavy atom. The third-order valence-corrected chi connectivity index (χ3v) is 5.13. The zero-order valence-corrected chi connectivity index (χ0v) is 15.1. The second-order valence-corrected chi connectivity index (χ2v) is 7.05. The Kier molecular flexibility index (Phi) is 6.65. The van der Waals surface area contributed by atoms with Crippen molar-refractivity contribution in [2.75, 3.05) is 13.6 Å². The molecule has 0 aromatic rings. The number of likely N-dealkylation sites (tertiary alicyclic amines) is 1. The van der Waals surface area contributed by atoms with Gasteiger partial charge in [-0.25, -0.2) is 0 Å². The van der Waals surface area contributed by atoms with Crippen LogP contribution in [0.3, 0.4) is 0 Å². The molecule has 4 atom stereocenters. The number of amides is 2. The molecular weight excluding hydrogens is 318 g/mol. The van der Waals surface area contributed by atoms with Gasteiger partial charge in [-0.1, -0.05) is 43.3 Å². The predicted octanol–water partition coefficient (Wildman–Crippen LogP) is 2.81. The fourth-order valence-corrected chi connectivity index (χ4v) is 3.84. The van der Waals surface area contributed by atoms with E-state index < -0.39 is 12.1 Å². The average molecular weight is 345 g/mol. The Balaban J connectivity index is 2.28. The summed E-state index contributed by atoms with van der Waals surface area (Å²) in [6.07, 6.45) is 10.6. The minimum Gasteiger partial charge on any atom is -0.357 e. The van der Waals surface area contributed by atoms with Gasteiger partial charge in [-0.15, -0.1) is 0 Å². The van der Waals surface area contributed by atoms with Gasteiger partial charge in [-0.3, -0.25) is 9.59 Å². The zero-order chi connectivity index (χ0) is 18.4. The van der Waals surface area contributed by atoms with Crippen LogP contribution in [0.5, 0.6) is 0 Å². The van der Waals surface area contributed by atoms with Crippen LogP contribution < -0.4 is 5.32 Å². The number of carbonyl (C=O) groups excluding carboxylic acids is 2. The molecule has 1 aliphatic carbocycles. The van der Waals surface area contributed by atoms with Crippen LogP contribution in [0.1, 0.15) is 33.1 Å². The summed E-state index contributed by atoms with van der Waals surface area (Å²) in [5.41, 5.74) is 8.90. The average Bonchev–Trinajstić information content (AvgIpc) is 2.76. The third kappa shape index (κ3) is 4.42. The summed E-state index contributed by atoms with van der Waals surface area (Å²) in [7, 11) is 1.58. The lowest BCUT2D eigenvalue weighted by atomic mass is 9.81. The van der Waals surface area contributed by atoms with E-state index in [0.717, 1.165) is 12.8 Å². The van der Waals surface area contributed by atoms with Crippen molar-refractivity contribution in [3.63, 3.8) is 0 Å². The first-order chi connectivity index (χ1) is 12.0. The van der Waals surface area contributed by atoms with E-state index in [1.807, 2.05) is 26.0 Å². The fraction of sp³-hybridized carbons (Fsp3) is 0.667. The molecule has 136 valence electrons. The molecule has 2 rings (SSSR count). The Morgan fingerprint density at radius 1 is 1.44 bits per heavy atom. The Labute approximate surface area is 148 Å². The largest absolute Gasteiger partial charge is 0.357 e. The lowest BCUT2D eigenvalue weighted by molar-refractivity contribution is -0.142. The second kappa shape index (κ2) is 8.72. The van der Waals surface area contributed by atoms with E-state index in [1.165, 1.54) is 0 Å². The highest BCUT2D eigenvalue weighted by Gasteiger charge is 2.39. The van der Waals surface area contributed by atoms with Gasteiger partial charge in [0, 0.05) is 18.5 Å². The maximum absolute atomic E-state index is 13.0. The Hall–Kier alpha value is -2.27. The van der Waals surface area contributed by atoms with Crippen molar-refractivity contribution < 1.29 is 9.59 Å². The summed E-state index contributed by atoms with van der Waals surface area (Å²) < 4.78 is 0. The molecule has 7 nitrogen and oxygen atoms in total. The maximum atomic E-state index is 13.0. The standard InChI is InChI=1S/C18H27N5O2/c1-12(2)16(17(24)20-3)23-10-9-14(13-7-5-4-6-8-13)11-15(18(23)25)21-22-19/h4-7,12-16H,8-11H2,1-3H3,(H,20,24)/t13?,14-,15-,16-/m0/s1. The Bertz CT molecular complexity index is 607. The quantitative estimate of drug-likeness (QED) is 0.471. The summed E-state index contributed by atoms with van der Waals surface area (Å²) in [6.45, 7) is 4.35. The number of nitrogens with one attached hydrogen (secondary N) is 1. The van der Waals surface area contributed by atoms with E-state index in [-0.39, 0.29) is 23.7 Å². The molecule has 1 unspecified atom stereocenters. The first-order valence-electron chi connectivity index (χ1n) is 8.89. The van der Waals surface area contributed by atoms with Crippen LogP contribution in [-0.4, -0.2) is 42.4 Å². The summed E-state index contributed by atoms with van der Waals surface area (Å²) in [6, 6.07) is -1.29. The topological polar surface area (TPSA) is 98.2 Å². The molecule has 2 aliphatic rings. The smallest absolute Gasteiger partial charge is 0.242 e. The van der Waals surface area contributed by atoms with Crippen molar-refractivity contribution in [1.82, 2.24) is 10.2 Å². The van der Waals surface area contributed by atoms with Gasteiger partial charge >= 0.3 is 0 Å². The highest BCUT2D eigenvalue weighted by atomic mass is 16.2. The highest BCUT2D eigenvalue weighted by Crippen LogP contribution is 2.33. The van der Waals surface area contributed by atoms with E-state index >= 15 is 0 Å². The van der Waals surface area contributed by atoms with E-state index in [2.05, 4.69) is 27.5 Å². The van der Waals surface area contributed by atoms with E-state index in [0.29, 0.717) is 18.9 Å². The van der Waals surface area contributed by atoms with Crippen molar-refractivity contribution in [3.8, 4) is 0 Å². The normalized spacial score (nSPS) is 27.6. The van der Waals surface area contributed by atoms with E-state index in [4.69, 9.17) is 5.53 Å². The number of hydrogen-bond acceptors (Lipinski definition) is 3. The molecule has 0 aromatic carbocycles. The second-order valence-electron chi connectivity index (χ2n) is 7.05. The van der Waals surface area contributed by atoms with Gasteiger partial charge in [0.2, 0.25) is 11.8 Å². The zero-order valence-electron chi connectivity index (χ0n) is 15.1. The van der Waals surface area contributed by atoms with Crippen molar-refractivity contribution in [3.05, 3.63) is 34.7 Å². The van der Waals surface area contributed by atoms with Gasteiger partial charge in [0.25, 0.3) is 0 Å². The molecule has 0 radical (unpaired) electrons. The first kappa shape index (κ1) is 19.1. The lowest BCUT2D eigenvalue weighted by Crippen LogP contribution is -2.53. The Morgan fingerprint density at radius 2 is 2.20 bits per heavy atom. The van der Waals surface area contributed by atoms with Gasteiger partial charge in [-0.05, 0) is 42.5 Å². The number of nitrogens with zero attached hydrogens (tertiary/aromatic N) is 4. The summed E-state index contributed by atoms with van der Waals surface area (Å²) in [4.78, 5) is 29.8. The van der Waals surface area contributed by atoms with E-state index in [1.54, 1.807) is 11.9 Å². The molecule has 1 aliphatic heterocycles. The van der Waals surface area contributed by atoms with Crippen LogP contribution in [0.4, 0.5) is 0 Å². The summed E-state index contributed by atoms with van der Waals surface area (Å²) in [5, 5.41) is 6.41.